The van der Waals surface area contributed by atoms with Crippen LogP contribution in [0.4, 0.5) is 5.69 Å². The summed E-state index contributed by atoms with van der Waals surface area (Å²) in [6.07, 6.45) is 2.65. The Morgan fingerprint density at radius 3 is 2.27 bits per heavy atom. The van der Waals surface area contributed by atoms with E-state index in [-0.39, 0.29) is 11.9 Å². The molecule has 1 atom stereocenters. The fraction of sp³-hybridized carbons (Fsp3) is 0.167. The van der Waals surface area contributed by atoms with Crippen molar-refractivity contribution in [3.63, 3.8) is 0 Å². The van der Waals surface area contributed by atoms with Gasteiger partial charge < -0.3 is 10.5 Å². The molecule has 0 aliphatic carbocycles. The van der Waals surface area contributed by atoms with Crippen molar-refractivity contribution in [3.8, 4) is 22.3 Å². The standard InChI is InChI=1S/C36H33ClN2O2/c1-36(2,3)41-35(40)28-14-8-12-26(21-28)25-11-7-13-27(20-25)32(19-24-9-5-4-6-10-24)34-18-15-29(23-39-34)31-22-30(37)16-17-33(31)38/h4-18,20-23,32H,19,38H2,1-3H3. The highest BCUT2D eigenvalue weighted by atomic mass is 35.5. The molecule has 5 aromatic rings. The minimum absolute atomic E-state index is 0.0112. The zero-order valence-corrected chi connectivity index (χ0v) is 24.2. The first-order valence-corrected chi connectivity index (χ1v) is 14.0. The van der Waals surface area contributed by atoms with Gasteiger partial charge in [-0.15, -0.1) is 0 Å². The van der Waals surface area contributed by atoms with Gasteiger partial charge >= 0.3 is 5.97 Å². The fourth-order valence-corrected chi connectivity index (χ4v) is 5.06. The topological polar surface area (TPSA) is 65.2 Å². The summed E-state index contributed by atoms with van der Waals surface area (Å²) in [5, 5.41) is 0.632. The zero-order valence-electron chi connectivity index (χ0n) is 23.5. The van der Waals surface area contributed by atoms with E-state index in [0.717, 1.165) is 39.9 Å². The molecule has 0 bridgehead atoms. The summed E-state index contributed by atoms with van der Waals surface area (Å²) >= 11 is 6.24. The molecule has 2 N–H and O–H groups in total. The number of nitrogens with two attached hydrogens (primary N) is 1. The summed E-state index contributed by atoms with van der Waals surface area (Å²) in [7, 11) is 0. The van der Waals surface area contributed by atoms with Gasteiger partial charge in [0.15, 0.2) is 0 Å². The number of nitrogens with zero attached hydrogens (tertiary/aromatic N) is 1. The van der Waals surface area contributed by atoms with Crippen LogP contribution in [0.1, 0.15) is 53.9 Å². The minimum atomic E-state index is -0.557. The first-order valence-electron chi connectivity index (χ1n) is 13.7. The first-order chi connectivity index (χ1) is 19.7. The Balaban J connectivity index is 1.51. The lowest BCUT2D eigenvalue weighted by Gasteiger charge is -2.20. The van der Waals surface area contributed by atoms with Crippen LogP contribution in [0.5, 0.6) is 0 Å². The Labute approximate surface area is 246 Å². The van der Waals surface area contributed by atoms with Crippen LogP contribution in [0, 0.1) is 0 Å². The SMILES string of the molecule is CC(C)(C)OC(=O)c1cccc(-c2cccc(C(Cc3ccccc3)c3ccc(-c4cc(Cl)ccc4N)cn3)c2)c1. The van der Waals surface area contributed by atoms with Crippen LogP contribution < -0.4 is 5.73 Å². The molecular formula is C36H33ClN2O2. The van der Waals surface area contributed by atoms with E-state index in [9.17, 15) is 4.79 Å². The molecule has 0 aliphatic rings. The summed E-state index contributed by atoms with van der Waals surface area (Å²) in [5.74, 6) is -0.320. The Bertz CT molecular complexity index is 1660. The number of hydrogen-bond donors (Lipinski definition) is 1. The van der Waals surface area contributed by atoms with Gasteiger partial charge in [0.05, 0.1) is 5.56 Å². The van der Waals surface area contributed by atoms with E-state index in [0.29, 0.717) is 16.3 Å². The Hall–Kier alpha value is -4.41. The third-order valence-electron chi connectivity index (χ3n) is 6.87. The van der Waals surface area contributed by atoms with Crippen LogP contribution in [0.2, 0.25) is 5.02 Å². The largest absolute Gasteiger partial charge is 0.456 e. The smallest absolute Gasteiger partial charge is 0.338 e. The van der Waals surface area contributed by atoms with E-state index in [2.05, 4.69) is 60.7 Å². The monoisotopic (exact) mass is 560 g/mol. The van der Waals surface area contributed by atoms with Gasteiger partial charge in [0, 0.05) is 39.6 Å². The van der Waals surface area contributed by atoms with E-state index < -0.39 is 5.60 Å². The third-order valence-corrected chi connectivity index (χ3v) is 7.11. The van der Waals surface area contributed by atoms with Crippen molar-refractivity contribution in [2.45, 2.75) is 38.7 Å². The number of ether oxygens (including phenoxy) is 1. The average molecular weight is 561 g/mol. The van der Waals surface area contributed by atoms with Gasteiger partial charge in [0.25, 0.3) is 0 Å². The number of carbonyl (C=O) groups excluding carboxylic acids is 1. The summed E-state index contributed by atoms with van der Waals surface area (Å²) in [6.45, 7) is 5.61. The van der Waals surface area contributed by atoms with Crippen molar-refractivity contribution in [3.05, 3.63) is 143 Å². The molecule has 0 spiro atoms. The lowest BCUT2D eigenvalue weighted by atomic mass is 9.87. The molecular weight excluding hydrogens is 528 g/mol. The first kappa shape index (κ1) is 28.1. The number of pyridine rings is 1. The van der Waals surface area contributed by atoms with E-state index in [1.807, 2.05) is 63.4 Å². The number of esters is 1. The molecule has 1 heterocycles. The van der Waals surface area contributed by atoms with Crippen molar-refractivity contribution in [2.24, 2.45) is 0 Å². The van der Waals surface area contributed by atoms with Gasteiger partial charge in [-0.05, 0) is 85.8 Å². The third kappa shape index (κ3) is 7.03. The molecule has 0 radical (unpaired) electrons. The number of hydrogen-bond acceptors (Lipinski definition) is 4. The maximum absolute atomic E-state index is 12.7. The van der Waals surface area contributed by atoms with Gasteiger partial charge in [0.2, 0.25) is 0 Å². The number of halogens is 1. The lowest BCUT2D eigenvalue weighted by Crippen LogP contribution is -2.23. The zero-order chi connectivity index (χ0) is 29.0. The maximum Gasteiger partial charge on any atom is 0.338 e. The van der Waals surface area contributed by atoms with Gasteiger partial charge in [-0.25, -0.2) is 4.79 Å². The average Bonchev–Trinajstić information content (AvgIpc) is 2.97. The van der Waals surface area contributed by atoms with Gasteiger partial charge in [-0.2, -0.15) is 0 Å². The van der Waals surface area contributed by atoms with Crippen LogP contribution in [-0.4, -0.2) is 16.6 Å². The van der Waals surface area contributed by atoms with Crippen LogP contribution >= 0.6 is 11.6 Å². The predicted octanol–water partition coefficient (Wildman–Crippen LogP) is 8.98. The van der Waals surface area contributed by atoms with E-state index >= 15 is 0 Å². The van der Waals surface area contributed by atoms with E-state index in [1.165, 1.54) is 5.56 Å². The second kappa shape index (κ2) is 12.0. The molecule has 41 heavy (non-hydrogen) atoms. The van der Waals surface area contributed by atoms with E-state index in [4.69, 9.17) is 27.1 Å². The second-order valence-corrected chi connectivity index (χ2v) is 11.6. The van der Waals surface area contributed by atoms with Crippen molar-refractivity contribution in [1.29, 1.82) is 0 Å². The van der Waals surface area contributed by atoms with E-state index in [1.54, 1.807) is 12.1 Å². The molecule has 0 saturated carbocycles. The molecule has 5 rings (SSSR count). The number of aromatic nitrogens is 1. The van der Waals surface area contributed by atoms with Crippen molar-refractivity contribution < 1.29 is 9.53 Å². The normalized spacial score (nSPS) is 12.1. The molecule has 5 heteroatoms. The maximum atomic E-state index is 12.7. The van der Waals surface area contributed by atoms with Crippen molar-refractivity contribution >= 4 is 23.3 Å². The summed E-state index contributed by atoms with van der Waals surface area (Å²) in [4.78, 5) is 17.6. The quantitative estimate of drug-likeness (QED) is 0.159. The molecule has 0 fully saturated rings. The number of nitrogen functional groups attached to an aromatic ring is 1. The van der Waals surface area contributed by atoms with Gasteiger partial charge in [-0.3, -0.25) is 4.98 Å². The Kier molecular flexibility index (Phi) is 8.23. The number of benzene rings is 4. The fourth-order valence-electron chi connectivity index (χ4n) is 4.89. The molecule has 4 nitrogen and oxygen atoms in total. The predicted molar refractivity (Wildman–Crippen MR) is 168 cm³/mol. The molecule has 4 aromatic carbocycles. The highest BCUT2D eigenvalue weighted by Gasteiger charge is 2.20. The van der Waals surface area contributed by atoms with Crippen LogP contribution in [0.3, 0.4) is 0 Å². The summed E-state index contributed by atoms with van der Waals surface area (Å²) < 4.78 is 5.59. The van der Waals surface area contributed by atoms with Gasteiger partial charge in [0.1, 0.15) is 5.60 Å². The lowest BCUT2D eigenvalue weighted by molar-refractivity contribution is 0.00695. The number of rotatable bonds is 7. The summed E-state index contributed by atoms with van der Waals surface area (Å²) in [5.41, 5.74) is 13.9. The van der Waals surface area contributed by atoms with Crippen LogP contribution in [0.25, 0.3) is 22.3 Å². The summed E-state index contributed by atoms with van der Waals surface area (Å²) in [6, 6.07) is 36.0. The van der Waals surface area contributed by atoms with Crippen molar-refractivity contribution in [2.75, 3.05) is 5.73 Å². The van der Waals surface area contributed by atoms with Crippen molar-refractivity contribution in [1.82, 2.24) is 4.98 Å². The van der Waals surface area contributed by atoms with Crippen LogP contribution in [0.15, 0.2) is 115 Å². The minimum Gasteiger partial charge on any atom is -0.456 e. The second-order valence-electron chi connectivity index (χ2n) is 11.2. The number of carbonyl (C=O) groups is 1. The molecule has 0 aliphatic heterocycles. The Morgan fingerprint density at radius 2 is 1.56 bits per heavy atom. The van der Waals surface area contributed by atoms with Crippen LogP contribution in [-0.2, 0) is 11.2 Å². The number of anilines is 1. The molecule has 0 amide bonds. The Morgan fingerprint density at radius 1 is 0.829 bits per heavy atom. The highest BCUT2D eigenvalue weighted by molar-refractivity contribution is 6.31. The molecule has 206 valence electrons. The molecule has 1 unspecified atom stereocenters. The highest BCUT2D eigenvalue weighted by Crippen LogP contribution is 2.33. The molecule has 0 saturated heterocycles. The molecule has 1 aromatic heterocycles. The van der Waals surface area contributed by atoms with Gasteiger partial charge in [-0.1, -0.05) is 84.4 Å².